The molecule has 0 heterocycles. The fraction of sp³-hybridized carbons (Fsp3) is 0.200. The van der Waals surface area contributed by atoms with Crippen LogP contribution in [-0.2, 0) is 6.42 Å². The molecule has 0 nitrogen and oxygen atoms in total. The van der Waals surface area contributed by atoms with E-state index >= 15 is 0 Å². The second kappa shape index (κ2) is 5.39. The van der Waals surface area contributed by atoms with Crippen LogP contribution in [0.5, 0.6) is 0 Å². The summed E-state index contributed by atoms with van der Waals surface area (Å²) in [6.07, 6.45) is 1.91. The third kappa shape index (κ3) is 1.96. The van der Waals surface area contributed by atoms with Crippen molar-refractivity contribution in [3.05, 3.63) is 59.7 Å². The van der Waals surface area contributed by atoms with E-state index in [1.165, 1.54) is 32.7 Å². The number of hydrogen-bond donors (Lipinski definition) is 0. The summed E-state index contributed by atoms with van der Waals surface area (Å²) in [5, 5.41) is 5.26. The van der Waals surface area contributed by atoms with Crippen molar-refractivity contribution in [1.82, 2.24) is 0 Å². The van der Waals surface area contributed by atoms with Gasteiger partial charge in [-0.15, -0.1) is 0 Å². The summed E-state index contributed by atoms with van der Waals surface area (Å²) in [5.41, 5.74) is 2.59. The smallest absolute Gasteiger partial charge is 0.0362 e. The van der Waals surface area contributed by atoms with Gasteiger partial charge in [0.15, 0.2) is 0 Å². The molecule has 0 aliphatic carbocycles. The zero-order chi connectivity index (χ0) is 13.9. The lowest BCUT2D eigenvalue weighted by Crippen LogP contribution is -1.93. The summed E-state index contributed by atoms with van der Waals surface area (Å²) in [5.74, 6) is 6.65. The Morgan fingerprint density at radius 1 is 0.750 bits per heavy atom. The lowest BCUT2D eigenvalue weighted by Gasteiger charge is -2.12. The van der Waals surface area contributed by atoms with Gasteiger partial charge in [-0.25, -0.2) is 0 Å². The molecule has 0 fully saturated rings. The second-order valence-electron chi connectivity index (χ2n) is 4.95. The molecule has 0 atom stereocenters. The fourth-order valence-corrected chi connectivity index (χ4v) is 2.90. The molecule has 3 aromatic rings. The Balaban J connectivity index is 2.55. The van der Waals surface area contributed by atoms with Crippen LogP contribution >= 0.6 is 0 Å². The second-order valence-corrected chi connectivity index (χ2v) is 4.95. The van der Waals surface area contributed by atoms with Gasteiger partial charge in [0, 0.05) is 12.0 Å². The molecular weight excluding hydrogens is 240 g/mol. The van der Waals surface area contributed by atoms with Gasteiger partial charge in [0.05, 0.1) is 0 Å². The molecule has 0 saturated heterocycles. The molecule has 0 aliphatic heterocycles. The van der Waals surface area contributed by atoms with E-state index in [-0.39, 0.29) is 0 Å². The molecule has 98 valence electrons. The molecule has 3 rings (SSSR count). The Morgan fingerprint density at radius 3 is 1.90 bits per heavy atom. The first-order valence-corrected chi connectivity index (χ1v) is 7.28. The highest BCUT2D eigenvalue weighted by atomic mass is 14.1. The highest BCUT2D eigenvalue weighted by Crippen LogP contribution is 2.32. The molecule has 0 unspecified atom stereocenters. The lowest BCUT2D eigenvalue weighted by atomic mass is 9.90. The largest absolute Gasteiger partial charge is 0.0982 e. The van der Waals surface area contributed by atoms with E-state index in [1.807, 2.05) is 0 Å². The van der Waals surface area contributed by atoms with Crippen LogP contribution in [0.4, 0.5) is 0 Å². The first-order chi connectivity index (χ1) is 9.86. The monoisotopic (exact) mass is 258 g/mol. The predicted octanol–water partition coefficient (Wildman–Crippen LogP) is 5.32. The Labute approximate surface area is 120 Å². The van der Waals surface area contributed by atoms with Crippen molar-refractivity contribution in [3.8, 4) is 11.8 Å². The zero-order valence-corrected chi connectivity index (χ0v) is 12.0. The number of aryl methyl sites for hydroxylation is 1. The van der Waals surface area contributed by atoms with Crippen molar-refractivity contribution in [3.63, 3.8) is 0 Å². The molecule has 0 bridgehead atoms. The van der Waals surface area contributed by atoms with Crippen LogP contribution < -0.4 is 0 Å². The summed E-state index contributed by atoms with van der Waals surface area (Å²) < 4.78 is 0. The first-order valence-electron chi connectivity index (χ1n) is 7.28. The van der Waals surface area contributed by atoms with Crippen molar-refractivity contribution >= 4 is 21.5 Å². The van der Waals surface area contributed by atoms with E-state index in [0.29, 0.717) is 0 Å². The highest BCUT2D eigenvalue weighted by Gasteiger charge is 2.10. The minimum Gasteiger partial charge on any atom is -0.0982 e. The van der Waals surface area contributed by atoms with Crippen LogP contribution in [0.3, 0.4) is 0 Å². The molecule has 3 aromatic carbocycles. The third-order valence-electron chi connectivity index (χ3n) is 3.78. The highest BCUT2D eigenvalue weighted by molar-refractivity contribution is 6.11. The fourth-order valence-electron chi connectivity index (χ4n) is 2.90. The number of hydrogen-bond acceptors (Lipinski definition) is 0. The van der Waals surface area contributed by atoms with E-state index < -0.39 is 0 Å². The van der Waals surface area contributed by atoms with E-state index in [1.54, 1.807) is 0 Å². The van der Waals surface area contributed by atoms with Crippen molar-refractivity contribution in [2.75, 3.05) is 0 Å². The van der Waals surface area contributed by atoms with Gasteiger partial charge in [-0.1, -0.05) is 74.2 Å². The lowest BCUT2D eigenvalue weighted by molar-refractivity contribution is 1.16. The number of rotatable bonds is 1. The first kappa shape index (κ1) is 12.8. The average Bonchev–Trinajstić information content (AvgIpc) is 2.52. The van der Waals surface area contributed by atoms with Gasteiger partial charge < -0.3 is 0 Å². The molecule has 20 heavy (non-hydrogen) atoms. The third-order valence-corrected chi connectivity index (χ3v) is 3.78. The van der Waals surface area contributed by atoms with Crippen LogP contribution in [0.1, 0.15) is 31.4 Å². The van der Waals surface area contributed by atoms with E-state index in [9.17, 15) is 0 Å². The van der Waals surface area contributed by atoms with Gasteiger partial charge in [0.25, 0.3) is 0 Å². The van der Waals surface area contributed by atoms with Gasteiger partial charge in [0.2, 0.25) is 0 Å². The summed E-state index contributed by atoms with van der Waals surface area (Å²) in [7, 11) is 0. The molecule has 0 aliphatic rings. The van der Waals surface area contributed by atoms with Crippen LogP contribution in [0.25, 0.3) is 21.5 Å². The van der Waals surface area contributed by atoms with Crippen molar-refractivity contribution in [2.45, 2.75) is 26.7 Å². The van der Waals surface area contributed by atoms with Gasteiger partial charge in [-0.3, -0.25) is 0 Å². The zero-order valence-electron chi connectivity index (χ0n) is 12.0. The van der Waals surface area contributed by atoms with Crippen LogP contribution in [-0.4, -0.2) is 0 Å². The van der Waals surface area contributed by atoms with Crippen molar-refractivity contribution in [1.29, 1.82) is 0 Å². The number of benzene rings is 3. The van der Waals surface area contributed by atoms with E-state index in [0.717, 1.165) is 12.8 Å². The summed E-state index contributed by atoms with van der Waals surface area (Å²) >= 11 is 0. The topological polar surface area (TPSA) is 0 Å². The Morgan fingerprint density at radius 2 is 1.30 bits per heavy atom. The van der Waals surface area contributed by atoms with E-state index in [4.69, 9.17) is 0 Å². The van der Waals surface area contributed by atoms with Gasteiger partial charge in [-0.05, 0) is 33.5 Å². The van der Waals surface area contributed by atoms with E-state index in [2.05, 4.69) is 74.2 Å². The van der Waals surface area contributed by atoms with Crippen molar-refractivity contribution in [2.24, 2.45) is 0 Å². The Hall–Kier alpha value is -2.26. The molecule has 0 amide bonds. The summed E-state index contributed by atoms with van der Waals surface area (Å²) in [6, 6.07) is 17.3. The Kier molecular flexibility index (Phi) is 3.44. The summed E-state index contributed by atoms with van der Waals surface area (Å²) in [4.78, 5) is 0. The normalized spacial score (nSPS) is 10.5. The average molecular weight is 258 g/mol. The van der Waals surface area contributed by atoms with Crippen LogP contribution in [0.2, 0.25) is 0 Å². The Bertz CT molecular complexity index is 829. The van der Waals surface area contributed by atoms with Gasteiger partial charge in [0.1, 0.15) is 0 Å². The maximum atomic E-state index is 3.40. The quantitative estimate of drug-likeness (QED) is 0.409. The van der Waals surface area contributed by atoms with Gasteiger partial charge in [-0.2, -0.15) is 0 Å². The molecule has 0 N–H and O–H groups in total. The molecule has 0 heteroatoms. The van der Waals surface area contributed by atoms with Crippen LogP contribution in [0.15, 0.2) is 48.5 Å². The molecule has 0 radical (unpaired) electrons. The minimum atomic E-state index is 0.893. The molecule has 0 saturated carbocycles. The molecule has 0 aromatic heterocycles. The van der Waals surface area contributed by atoms with Gasteiger partial charge >= 0.3 is 0 Å². The summed E-state index contributed by atoms with van der Waals surface area (Å²) in [6.45, 7) is 4.32. The SMILES string of the molecule is CCC#Cc1c(CC)c2ccccc2c2ccccc12. The minimum absolute atomic E-state index is 0.893. The number of fused-ring (bicyclic) bond motifs is 3. The predicted molar refractivity (Wildman–Crippen MR) is 88.0 cm³/mol. The molecular formula is C20H18. The molecule has 0 spiro atoms. The van der Waals surface area contributed by atoms with Crippen molar-refractivity contribution < 1.29 is 0 Å². The maximum absolute atomic E-state index is 3.40. The van der Waals surface area contributed by atoms with Crippen LogP contribution in [0, 0.1) is 11.8 Å². The maximum Gasteiger partial charge on any atom is 0.0362 e. The standard InChI is InChI=1S/C20H18/c1-3-5-10-16-15(4-2)17-11-6-7-13-19(17)20-14-9-8-12-18(16)20/h6-9,11-14H,3-4H2,1-2H3.